The predicted octanol–water partition coefficient (Wildman–Crippen LogP) is 3.18. The van der Waals surface area contributed by atoms with Gasteiger partial charge in [0.2, 0.25) is 17.6 Å². The molecule has 4 bridgehead atoms. The number of benzene rings is 2. The van der Waals surface area contributed by atoms with Crippen molar-refractivity contribution in [1.82, 2.24) is 16.0 Å². The van der Waals surface area contributed by atoms with Crippen LogP contribution < -0.4 is 20.7 Å². The lowest BCUT2D eigenvalue weighted by Gasteiger charge is -2.28. The largest absolute Gasteiger partial charge is 0.449 e. The maximum absolute atomic E-state index is 13.4. The molecule has 4 rings (SSSR count). The van der Waals surface area contributed by atoms with Crippen LogP contribution in [0.3, 0.4) is 0 Å². The van der Waals surface area contributed by atoms with Gasteiger partial charge in [-0.2, -0.15) is 5.26 Å². The molecule has 2 heterocycles. The second-order valence-corrected chi connectivity index (χ2v) is 10.7. The Morgan fingerprint density at radius 1 is 1.14 bits per heavy atom. The minimum absolute atomic E-state index is 0.0116. The zero-order valence-corrected chi connectivity index (χ0v) is 23.9. The monoisotopic (exact) mass is 603 g/mol. The number of carbonyl (C=O) groups is 3. The highest BCUT2D eigenvalue weighted by molar-refractivity contribution is 6.32. The molecule has 0 unspecified atom stereocenters. The van der Waals surface area contributed by atoms with Gasteiger partial charge in [0.15, 0.2) is 0 Å². The number of amides is 3. The summed E-state index contributed by atoms with van der Waals surface area (Å²) in [5.74, 6) is -1.99. The first-order valence-electron chi connectivity index (χ1n) is 12.6. The van der Waals surface area contributed by atoms with Gasteiger partial charge in [0.1, 0.15) is 29.5 Å². The molecule has 0 aromatic heterocycles. The number of hydrogen-bond acceptors (Lipinski definition) is 10. The van der Waals surface area contributed by atoms with Crippen LogP contribution in [-0.4, -0.2) is 59.3 Å². The maximum atomic E-state index is 13.4. The van der Waals surface area contributed by atoms with Gasteiger partial charge in [-0.15, -0.1) is 0 Å². The number of nitrogens with zero attached hydrogens (tertiary/aromatic N) is 2. The van der Waals surface area contributed by atoms with Crippen LogP contribution >= 0.6 is 11.6 Å². The standard InChI is InChI=1S/C27H30ClN5O9/c1-27(2,3)42-26(37)32-22-23(34)15-6-8-20(16(28)11-15)41-21-12-14(5-7-19(21)33(38)39)18(13-40-4)31-24(35)17(9-10-29)30-25(22)36/h5-8,11-12,17-18,22-23,34H,9,13H2,1-4H3,(H,30,36)(H,31,35)(H,32,37)/t17-,18+,22-,23-/m1/s1. The SMILES string of the molecule is COC[C@@H]1NC(=O)[C@@H](CC#N)NC(=O)[C@H](NC(=O)OC(C)(C)C)[C@H](O)c2ccc(c(Cl)c2)Oc2cc1ccc2[N+](=O)[O-]. The average Bonchev–Trinajstić information content (AvgIpc) is 2.90. The van der Waals surface area contributed by atoms with Gasteiger partial charge in [0.05, 0.1) is 35.1 Å². The molecule has 15 heteroatoms. The first kappa shape index (κ1) is 32.1. The van der Waals surface area contributed by atoms with Crippen molar-refractivity contribution in [2.75, 3.05) is 13.7 Å². The van der Waals surface area contributed by atoms with Gasteiger partial charge < -0.3 is 35.3 Å². The Hall–Kier alpha value is -4.45. The molecule has 0 spiro atoms. The average molecular weight is 604 g/mol. The number of ether oxygens (including phenoxy) is 3. The van der Waals surface area contributed by atoms with Crippen LogP contribution in [0.4, 0.5) is 10.5 Å². The minimum atomic E-state index is -1.72. The number of nitrogens with one attached hydrogen (secondary N) is 3. The van der Waals surface area contributed by atoms with E-state index in [4.69, 9.17) is 25.8 Å². The maximum Gasteiger partial charge on any atom is 0.408 e. The summed E-state index contributed by atoms with van der Waals surface area (Å²) in [6.07, 6.45) is -3.22. The Morgan fingerprint density at radius 2 is 1.81 bits per heavy atom. The number of aliphatic hydroxyl groups excluding tert-OH is 1. The number of halogens is 1. The van der Waals surface area contributed by atoms with E-state index in [1.807, 2.05) is 6.07 Å². The van der Waals surface area contributed by atoms with Gasteiger partial charge in [-0.25, -0.2) is 4.79 Å². The molecule has 3 amide bonds. The summed E-state index contributed by atoms with van der Waals surface area (Å²) in [6, 6.07) is 5.67. The highest BCUT2D eigenvalue weighted by Crippen LogP contribution is 2.38. The van der Waals surface area contributed by atoms with E-state index < -0.39 is 64.8 Å². The molecule has 0 radical (unpaired) electrons. The summed E-state index contributed by atoms with van der Waals surface area (Å²) in [5, 5.41) is 39.6. The lowest BCUT2D eigenvalue weighted by atomic mass is 10.00. The summed E-state index contributed by atoms with van der Waals surface area (Å²) in [7, 11) is 1.37. The summed E-state index contributed by atoms with van der Waals surface area (Å²) in [6.45, 7) is 4.71. The van der Waals surface area contributed by atoms with E-state index in [-0.39, 0.29) is 28.7 Å². The van der Waals surface area contributed by atoms with Crippen molar-refractivity contribution in [3.63, 3.8) is 0 Å². The van der Waals surface area contributed by atoms with Crippen LogP contribution in [0, 0.1) is 21.4 Å². The quantitative estimate of drug-likeness (QED) is 0.290. The van der Waals surface area contributed by atoms with Crippen molar-refractivity contribution in [2.45, 2.75) is 57.0 Å². The fourth-order valence-corrected chi connectivity index (χ4v) is 4.25. The van der Waals surface area contributed by atoms with E-state index in [1.54, 1.807) is 20.8 Å². The molecule has 4 N–H and O–H groups in total. The Balaban J connectivity index is 2.16. The second-order valence-electron chi connectivity index (χ2n) is 10.3. The van der Waals surface area contributed by atoms with E-state index in [0.717, 1.165) is 0 Å². The van der Waals surface area contributed by atoms with E-state index >= 15 is 0 Å². The van der Waals surface area contributed by atoms with Crippen LogP contribution in [0.1, 0.15) is 50.5 Å². The van der Waals surface area contributed by atoms with Crippen molar-refractivity contribution in [3.05, 3.63) is 62.7 Å². The van der Waals surface area contributed by atoms with E-state index in [1.165, 1.54) is 43.5 Å². The lowest BCUT2D eigenvalue weighted by molar-refractivity contribution is -0.385. The molecule has 2 aliphatic rings. The van der Waals surface area contributed by atoms with E-state index in [0.29, 0.717) is 5.56 Å². The van der Waals surface area contributed by atoms with Gasteiger partial charge >= 0.3 is 11.8 Å². The smallest absolute Gasteiger partial charge is 0.408 e. The molecular weight excluding hydrogens is 574 g/mol. The molecule has 2 aromatic carbocycles. The Labute approximate surface area is 246 Å². The summed E-state index contributed by atoms with van der Waals surface area (Å²) in [5.41, 5.74) is -0.920. The minimum Gasteiger partial charge on any atom is -0.449 e. The third kappa shape index (κ3) is 8.06. The van der Waals surface area contributed by atoms with Crippen LogP contribution in [0.15, 0.2) is 36.4 Å². The topological polar surface area (TPSA) is 202 Å². The van der Waals surface area contributed by atoms with Crippen LogP contribution in [0.2, 0.25) is 5.02 Å². The normalized spacial score (nSPS) is 20.9. The van der Waals surface area contributed by atoms with Gasteiger partial charge in [-0.3, -0.25) is 19.7 Å². The summed E-state index contributed by atoms with van der Waals surface area (Å²) in [4.78, 5) is 50.4. The highest BCUT2D eigenvalue weighted by Gasteiger charge is 2.35. The van der Waals surface area contributed by atoms with Gasteiger partial charge in [0, 0.05) is 13.2 Å². The zero-order valence-electron chi connectivity index (χ0n) is 23.2. The first-order chi connectivity index (χ1) is 19.7. The molecule has 224 valence electrons. The van der Waals surface area contributed by atoms with Crippen molar-refractivity contribution in [1.29, 1.82) is 5.26 Å². The number of carbonyl (C=O) groups excluding carboxylic acids is 3. The molecule has 14 nitrogen and oxygen atoms in total. The summed E-state index contributed by atoms with van der Waals surface area (Å²) >= 11 is 6.41. The Morgan fingerprint density at radius 3 is 2.40 bits per heavy atom. The number of hydrogen-bond donors (Lipinski definition) is 4. The number of nitriles is 1. The predicted molar refractivity (Wildman–Crippen MR) is 148 cm³/mol. The van der Waals surface area contributed by atoms with Crippen molar-refractivity contribution in [2.24, 2.45) is 0 Å². The Kier molecular flexibility index (Phi) is 10.3. The van der Waals surface area contributed by atoms with Crippen LogP contribution in [0.5, 0.6) is 11.5 Å². The third-order valence-corrected chi connectivity index (χ3v) is 6.24. The van der Waals surface area contributed by atoms with Crippen molar-refractivity contribution >= 4 is 35.2 Å². The number of rotatable bonds is 5. The molecule has 4 atom stereocenters. The van der Waals surface area contributed by atoms with Gasteiger partial charge in [-0.05, 0) is 56.2 Å². The number of nitro groups is 1. The number of nitro benzene ring substituents is 1. The Bertz CT molecular complexity index is 1410. The van der Waals surface area contributed by atoms with Crippen LogP contribution in [-0.2, 0) is 19.1 Å². The fourth-order valence-electron chi connectivity index (χ4n) is 4.02. The molecule has 2 aliphatic heterocycles. The second kappa shape index (κ2) is 13.5. The van der Waals surface area contributed by atoms with Crippen molar-refractivity contribution in [3.8, 4) is 17.6 Å². The zero-order chi connectivity index (χ0) is 31.2. The molecule has 0 fully saturated rings. The molecular formula is C27H30ClN5O9. The van der Waals surface area contributed by atoms with Gasteiger partial charge in [-0.1, -0.05) is 17.7 Å². The van der Waals surface area contributed by atoms with E-state index in [2.05, 4.69) is 16.0 Å². The molecule has 42 heavy (non-hydrogen) atoms. The third-order valence-electron chi connectivity index (χ3n) is 5.95. The van der Waals surface area contributed by atoms with Crippen LogP contribution in [0.25, 0.3) is 0 Å². The number of fused-ring (bicyclic) bond motifs is 9. The van der Waals surface area contributed by atoms with E-state index in [9.17, 15) is 34.9 Å². The number of aliphatic hydroxyl groups is 1. The molecule has 0 saturated carbocycles. The first-order valence-corrected chi connectivity index (χ1v) is 13.0. The lowest BCUT2D eigenvalue weighted by Crippen LogP contribution is -2.56. The number of alkyl carbamates (subject to hydrolysis) is 1. The molecule has 0 saturated heterocycles. The van der Waals surface area contributed by atoms with Crippen molar-refractivity contribution < 1.29 is 38.6 Å². The summed E-state index contributed by atoms with van der Waals surface area (Å²) < 4.78 is 16.2. The number of methoxy groups -OCH3 is 1. The molecule has 0 aliphatic carbocycles. The fraction of sp³-hybridized carbons (Fsp3) is 0.407. The van der Waals surface area contributed by atoms with Gasteiger partial charge in [0.25, 0.3) is 0 Å². The molecule has 2 aromatic rings. The highest BCUT2D eigenvalue weighted by atomic mass is 35.5.